The molecule has 3 atom stereocenters. The molecule has 0 radical (unpaired) electrons. The number of benzene rings is 2. The Hall–Kier alpha value is -2.77. The highest BCUT2D eigenvalue weighted by Gasteiger charge is 2.35. The molecule has 2 aromatic rings. The molecule has 4 heteroatoms. The molecule has 0 bridgehead atoms. The van der Waals surface area contributed by atoms with E-state index < -0.39 is 12.1 Å². The topological polar surface area (TPSA) is 66.8 Å². The summed E-state index contributed by atoms with van der Waals surface area (Å²) >= 11 is 0. The number of ether oxygens (including phenoxy) is 1. The van der Waals surface area contributed by atoms with E-state index in [0.717, 1.165) is 12.0 Å². The molecule has 2 aromatic carbocycles. The fraction of sp³-hybridized carbons (Fsp3) is 0.400. The number of rotatable bonds is 2. The van der Waals surface area contributed by atoms with E-state index in [4.69, 9.17) is 0 Å². The molecule has 1 aliphatic rings. The molecule has 29 heavy (non-hydrogen) atoms. The highest BCUT2D eigenvalue weighted by Crippen LogP contribution is 2.46. The number of esters is 1. The molecule has 3 unspecified atom stereocenters. The summed E-state index contributed by atoms with van der Waals surface area (Å²) in [6.45, 7) is 9.06. The fourth-order valence-electron chi connectivity index (χ4n) is 4.25. The first kappa shape index (κ1) is 21.0. The molecule has 0 aromatic heterocycles. The van der Waals surface area contributed by atoms with Gasteiger partial charge in [-0.05, 0) is 58.6 Å². The molecule has 0 heterocycles. The van der Waals surface area contributed by atoms with Gasteiger partial charge in [-0.3, -0.25) is 0 Å². The van der Waals surface area contributed by atoms with Crippen molar-refractivity contribution in [3.8, 4) is 17.6 Å². The lowest BCUT2D eigenvalue weighted by atomic mass is 9.64. The second-order valence-electron chi connectivity index (χ2n) is 8.60. The van der Waals surface area contributed by atoms with Crippen LogP contribution in [0.25, 0.3) is 0 Å². The van der Waals surface area contributed by atoms with E-state index in [-0.39, 0.29) is 16.7 Å². The molecule has 0 fully saturated rings. The number of aliphatic hydroxyl groups excluding tert-OH is 1. The van der Waals surface area contributed by atoms with E-state index >= 15 is 0 Å². The number of fused-ring (bicyclic) bond motifs is 1. The van der Waals surface area contributed by atoms with Crippen molar-refractivity contribution in [3.63, 3.8) is 0 Å². The first-order valence-corrected chi connectivity index (χ1v) is 9.89. The van der Waals surface area contributed by atoms with Crippen molar-refractivity contribution in [2.24, 2.45) is 5.92 Å². The minimum absolute atomic E-state index is 0.0555. The Kier molecular flexibility index (Phi) is 5.73. The van der Waals surface area contributed by atoms with Gasteiger partial charge in [0.25, 0.3) is 0 Å². The Morgan fingerprint density at radius 1 is 1.21 bits per heavy atom. The van der Waals surface area contributed by atoms with Crippen molar-refractivity contribution in [2.75, 3.05) is 7.11 Å². The normalized spacial score (nSPS) is 20.8. The van der Waals surface area contributed by atoms with E-state index in [2.05, 4.69) is 56.4 Å². The van der Waals surface area contributed by atoms with Gasteiger partial charge in [-0.25, -0.2) is 4.79 Å². The molecule has 1 aliphatic carbocycles. The molecule has 0 saturated carbocycles. The zero-order valence-electron chi connectivity index (χ0n) is 17.6. The van der Waals surface area contributed by atoms with Crippen molar-refractivity contribution in [1.82, 2.24) is 0 Å². The summed E-state index contributed by atoms with van der Waals surface area (Å²) in [4.78, 5) is 11.6. The van der Waals surface area contributed by atoms with Gasteiger partial charge in [-0.1, -0.05) is 57.7 Å². The van der Waals surface area contributed by atoms with Crippen molar-refractivity contribution in [3.05, 3.63) is 64.2 Å². The zero-order valence-corrected chi connectivity index (χ0v) is 17.6. The lowest BCUT2D eigenvalue weighted by molar-refractivity contribution is 0.0597. The Balaban J connectivity index is 1.87. The summed E-state index contributed by atoms with van der Waals surface area (Å²) in [7, 11) is 1.26. The lowest BCUT2D eigenvalue weighted by Gasteiger charge is -2.40. The van der Waals surface area contributed by atoms with Crippen LogP contribution in [0.1, 0.15) is 78.7 Å². The van der Waals surface area contributed by atoms with Gasteiger partial charge >= 0.3 is 5.97 Å². The third-order valence-electron chi connectivity index (χ3n) is 6.05. The average Bonchev–Trinajstić information content (AvgIpc) is 2.69. The number of methoxy groups -OCH3 is 1. The van der Waals surface area contributed by atoms with Gasteiger partial charge in [-0.15, -0.1) is 0 Å². The predicted octanol–water partition coefficient (Wildman–Crippen LogP) is 4.68. The molecule has 152 valence electrons. The summed E-state index contributed by atoms with van der Waals surface area (Å²) in [5.41, 5.74) is 4.04. The van der Waals surface area contributed by atoms with Crippen LogP contribution in [0.2, 0.25) is 0 Å². The minimum Gasteiger partial charge on any atom is -0.507 e. The highest BCUT2D eigenvalue weighted by molar-refractivity contribution is 5.92. The van der Waals surface area contributed by atoms with Crippen LogP contribution in [-0.4, -0.2) is 23.3 Å². The van der Waals surface area contributed by atoms with E-state index in [9.17, 15) is 15.0 Å². The van der Waals surface area contributed by atoms with Gasteiger partial charge in [0.1, 0.15) is 17.4 Å². The molecule has 0 aliphatic heterocycles. The van der Waals surface area contributed by atoms with E-state index in [1.165, 1.54) is 30.4 Å². The number of hydrogen-bond donors (Lipinski definition) is 2. The zero-order chi connectivity index (χ0) is 21.3. The molecule has 0 spiro atoms. The number of carbonyl (C=O) groups is 1. The summed E-state index contributed by atoms with van der Waals surface area (Å²) in [6, 6.07) is 10.6. The molecular formula is C25H28O4. The maximum absolute atomic E-state index is 11.6. The first-order valence-electron chi connectivity index (χ1n) is 9.89. The number of phenols is 1. The largest absolute Gasteiger partial charge is 0.507 e. The number of aliphatic hydroxyl groups is 1. The molecule has 0 saturated heterocycles. The van der Waals surface area contributed by atoms with E-state index in [0.29, 0.717) is 17.4 Å². The van der Waals surface area contributed by atoms with Crippen LogP contribution in [0.3, 0.4) is 0 Å². The third-order valence-corrected chi connectivity index (χ3v) is 6.05. The van der Waals surface area contributed by atoms with Gasteiger partial charge < -0.3 is 14.9 Å². The van der Waals surface area contributed by atoms with Crippen LogP contribution < -0.4 is 0 Å². The van der Waals surface area contributed by atoms with Crippen molar-refractivity contribution in [1.29, 1.82) is 0 Å². The van der Waals surface area contributed by atoms with Crippen molar-refractivity contribution >= 4 is 5.97 Å². The van der Waals surface area contributed by atoms with E-state index in [1.54, 1.807) is 6.07 Å². The predicted molar refractivity (Wildman–Crippen MR) is 113 cm³/mol. The van der Waals surface area contributed by atoms with Gasteiger partial charge in [0, 0.05) is 5.56 Å². The van der Waals surface area contributed by atoms with Crippen molar-refractivity contribution in [2.45, 2.75) is 51.6 Å². The number of phenolic OH excluding ortho intramolecular Hbond substituents is 1. The SMILES string of the molecule is COC(=O)c1ccc(C#CC(O)c2ccc3c(c2)C(C)(C)CC(C)C3C)cc1O. The van der Waals surface area contributed by atoms with E-state index in [1.807, 2.05) is 6.07 Å². The second kappa shape index (κ2) is 7.93. The minimum atomic E-state index is -0.937. The Labute approximate surface area is 172 Å². The maximum Gasteiger partial charge on any atom is 0.341 e. The summed E-state index contributed by atoms with van der Waals surface area (Å²) in [5.74, 6) is 6.01. The fourth-order valence-corrected chi connectivity index (χ4v) is 4.25. The smallest absolute Gasteiger partial charge is 0.341 e. The monoisotopic (exact) mass is 392 g/mol. The number of aromatic hydroxyl groups is 1. The lowest BCUT2D eigenvalue weighted by Crippen LogP contribution is -2.30. The van der Waals surface area contributed by atoms with Gasteiger partial charge in [0.15, 0.2) is 0 Å². The summed E-state index contributed by atoms with van der Waals surface area (Å²) < 4.78 is 4.61. The number of carbonyl (C=O) groups excluding carboxylic acids is 1. The van der Waals surface area contributed by atoms with Crippen LogP contribution in [0.15, 0.2) is 36.4 Å². The molecule has 2 N–H and O–H groups in total. The standard InChI is InChI=1S/C25H28O4/c1-15-14-25(3,4)21-13-18(8-10-19(21)16(15)2)22(26)11-7-17-6-9-20(23(27)12-17)24(28)29-5/h6,8-10,12-13,15-16,22,26-27H,14H2,1-5H3. The van der Waals surface area contributed by atoms with Crippen molar-refractivity contribution < 1.29 is 19.7 Å². The third kappa shape index (κ3) is 4.16. The van der Waals surface area contributed by atoms with Crippen LogP contribution in [0.4, 0.5) is 0 Å². The highest BCUT2D eigenvalue weighted by atomic mass is 16.5. The number of hydrogen-bond acceptors (Lipinski definition) is 4. The maximum atomic E-state index is 11.6. The molecule has 0 amide bonds. The molecule has 4 nitrogen and oxygen atoms in total. The molecule has 3 rings (SSSR count). The van der Waals surface area contributed by atoms with Gasteiger partial charge in [0.2, 0.25) is 0 Å². The van der Waals surface area contributed by atoms with Crippen LogP contribution in [0, 0.1) is 17.8 Å². The quantitative estimate of drug-likeness (QED) is 0.575. The first-order chi connectivity index (χ1) is 13.6. The van der Waals surface area contributed by atoms with Crippen LogP contribution in [0.5, 0.6) is 5.75 Å². The van der Waals surface area contributed by atoms with Gasteiger partial charge in [0.05, 0.1) is 7.11 Å². The Bertz CT molecular complexity index is 994. The van der Waals surface area contributed by atoms with Crippen LogP contribution in [-0.2, 0) is 10.2 Å². The van der Waals surface area contributed by atoms with Crippen LogP contribution >= 0.6 is 0 Å². The second-order valence-corrected chi connectivity index (χ2v) is 8.60. The van der Waals surface area contributed by atoms with Gasteiger partial charge in [-0.2, -0.15) is 0 Å². The summed E-state index contributed by atoms with van der Waals surface area (Å²) in [6.07, 6.45) is 0.172. The Morgan fingerprint density at radius 2 is 1.93 bits per heavy atom. The Morgan fingerprint density at radius 3 is 2.59 bits per heavy atom. The molecular weight excluding hydrogens is 364 g/mol. The average molecular weight is 392 g/mol. The summed E-state index contributed by atoms with van der Waals surface area (Å²) in [5, 5.41) is 20.6.